The fraction of sp³-hybridized carbons (Fsp3) is 0.158. The molecule has 0 aliphatic carbocycles. The number of fused-ring (bicyclic) bond motifs is 1. The molecule has 1 aliphatic heterocycles. The minimum Gasteiger partial charge on any atom is -0.449 e. The molecule has 0 aromatic heterocycles. The lowest BCUT2D eigenvalue weighted by atomic mass is 10.1. The summed E-state index contributed by atoms with van der Waals surface area (Å²) >= 11 is 0. The minimum atomic E-state index is -1.09. The van der Waals surface area contributed by atoms with E-state index in [1.807, 2.05) is 30.3 Å². The number of hydrogen-bond acceptors (Lipinski definition) is 5. The van der Waals surface area contributed by atoms with Gasteiger partial charge in [-0.25, -0.2) is 4.79 Å². The van der Waals surface area contributed by atoms with Crippen molar-refractivity contribution in [2.24, 2.45) is 5.73 Å². The van der Waals surface area contributed by atoms with Crippen LogP contribution in [0.2, 0.25) is 0 Å². The largest absolute Gasteiger partial charge is 0.449 e. The summed E-state index contributed by atoms with van der Waals surface area (Å²) in [7, 11) is 0. The van der Waals surface area contributed by atoms with Crippen LogP contribution in [0.1, 0.15) is 43.6 Å². The van der Waals surface area contributed by atoms with Gasteiger partial charge < -0.3 is 10.5 Å². The molecular formula is C19H16N2O5. The summed E-state index contributed by atoms with van der Waals surface area (Å²) in [5.74, 6) is -2.47. The van der Waals surface area contributed by atoms with Crippen LogP contribution in [0.4, 0.5) is 0 Å². The number of primary amides is 1. The molecular weight excluding hydrogens is 336 g/mol. The van der Waals surface area contributed by atoms with Crippen LogP contribution in [0, 0.1) is 0 Å². The maximum atomic E-state index is 12.6. The summed E-state index contributed by atoms with van der Waals surface area (Å²) in [6.07, 6.45) is -1.09. The van der Waals surface area contributed by atoms with E-state index >= 15 is 0 Å². The maximum absolute atomic E-state index is 12.6. The van der Waals surface area contributed by atoms with E-state index in [4.69, 9.17) is 10.5 Å². The van der Waals surface area contributed by atoms with Crippen molar-refractivity contribution in [1.82, 2.24) is 4.90 Å². The third-order valence-corrected chi connectivity index (χ3v) is 4.07. The summed E-state index contributed by atoms with van der Waals surface area (Å²) in [4.78, 5) is 49.3. The van der Waals surface area contributed by atoms with Crippen molar-refractivity contribution in [2.75, 3.05) is 0 Å². The molecule has 0 saturated heterocycles. The molecule has 0 radical (unpaired) electrons. The number of hydrogen-bond donors (Lipinski definition) is 1. The molecule has 1 atom stereocenters. The SMILES string of the molecule is CC(OC(=O)c1ccc2c(c1)C(=O)N(Cc1ccccc1)C2=O)C(N)=O. The fourth-order valence-electron chi connectivity index (χ4n) is 2.61. The number of carbonyl (C=O) groups excluding carboxylic acids is 4. The fourth-order valence-corrected chi connectivity index (χ4v) is 2.61. The van der Waals surface area contributed by atoms with Crippen LogP contribution in [-0.2, 0) is 16.1 Å². The van der Waals surface area contributed by atoms with Gasteiger partial charge in [0.1, 0.15) is 0 Å². The van der Waals surface area contributed by atoms with Crippen molar-refractivity contribution in [3.63, 3.8) is 0 Å². The number of nitrogens with two attached hydrogens (primary N) is 1. The van der Waals surface area contributed by atoms with E-state index in [-0.39, 0.29) is 23.2 Å². The number of benzene rings is 2. The summed E-state index contributed by atoms with van der Waals surface area (Å²) in [6, 6.07) is 13.2. The van der Waals surface area contributed by atoms with Gasteiger partial charge >= 0.3 is 5.97 Å². The highest BCUT2D eigenvalue weighted by atomic mass is 16.5. The first-order valence-electron chi connectivity index (χ1n) is 7.93. The van der Waals surface area contributed by atoms with Gasteiger partial charge in [-0.3, -0.25) is 19.3 Å². The predicted octanol–water partition coefficient (Wildman–Crippen LogP) is 1.51. The zero-order chi connectivity index (χ0) is 18.8. The molecule has 7 heteroatoms. The number of amides is 3. The van der Waals surface area contributed by atoms with Crippen LogP contribution < -0.4 is 5.73 Å². The second kappa shape index (κ2) is 6.79. The maximum Gasteiger partial charge on any atom is 0.338 e. The second-order valence-corrected chi connectivity index (χ2v) is 5.89. The lowest BCUT2D eigenvalue weighted by molar-refractivity contribution is -0.125. The second-order valence-electron chi connectivity index (χ2n) is 5.89. The zero-order valence-corrected chi connectivity index (χ0v) is 14.0. The van der Waals surface area contributed by atoms with Crippen LogP contribution in [0.5, 0.6) is 0 Å². The normalized spacial score (nSPS) is 14.1. The summed E-state index contributed by atoms with van der Waals surface area (Å²) in [5.41, 5.74) is 6.31. The molecule has 0 fully saturated rings. The Morgan fingerprint density at radius 3 is 2.35 bits per heavy atom. The Hall–Kier alpha value is -3.48. The Morgan fingerprint density at radius 1 is 1.04 bits per heavy atom. The molecule has 1 heterocycles. The third-order valence-electron chi connectivity index (χ3n) is 4.07. The van der Waals surface area contributed by atoms with Gasteiger partial charge in [0.15, 0.2) is 6.10 Å². The first-order chi connectivity index (χ1) is 12.4. The van der Waals surface area contributed by atoms with E-state index in [1.54, 1.807) is 0 Å². The Balaban J connectivity index is 1.83. The highest BCUT2D eigenvalue weighted by molar-refractivity contribution is 6.21. The quantitative estimate of drug-likeness (QED) is 0.648. The van der Waals surface area contributed by atoms with Crippen LogP contribution in [-0.4, -0.2) is 34.7 Å². The highest BCUT2D eigenvalue weighted by Crippen LogP contribution is 2.26. The average Bonchev–Trinajstić information content (AvgIpc) is 2.87. The first-order valence-corrected chi connectivity index (χ1v) is 7.93. The van der Waals surface area contributed by atoms with Gasteiger partial charge in [0, 0.05) is 0 Å². The molecule has 0 bridgehead atoms. The smallest absolute Gasteiger partial charge is 0.338 e. The molecule has 0 saturated carbocycles. The molecule has 1 unspecified atom stereocenters. The average molecular weight is 352 g/mol. The summed E-state index contributed by atoms with van der Waals surface area (Å²) in [5, 5.41) is 0. The lowest BCUT2D eigenvalue weighted by Gasteiger charge is -2.13. The molecule has 7 nitrogen and oxygen atoms in total. The van der Waals surface area contributed by atoms with Gasteiger partial charge in [0.2, 0.25) is 0 Å². The summed E-state index contributed by atoms with van der Waals surface area (Å²) in [6.45, 7) is 1.50. The van der Waals surface area contributed by atoms with Crippen molar-refractivity contribution in [3.05, 3.63) is 70.8 Å². The van der Waals surface area contributed by atoms with E-state index in [0.29, 0.717) is 0 Å². The monoisotopic (exact) mass is 352 g/mol. The number of imide groups is 1. The van der Waals surface area contributed by atoms with Crippen molar-refractivity contribution in [3.8, 4) is 0 Å². The van der Waals surface area contributed by atoms with Gasteiger partial charge in [-0.2, -0.15) is 0 Å². The molecule has 0 spiro atoms. The number of rotatable bonds is 5. The first kappa shape index (κ1) is 17.3. The Labute approximate surface area is 149 Å². The predicted molar refractivity (Wildman–Crippen MR) is 91.2 cm³/mol. The van der Waals surface area contributed by atoms with Crippen LogP contribution >= 0.6 is 0 Å². The van der Waals surface area contributed by atoms with Gasteiger partial charge in [0.05, 0.1) is 23.2 Å². The molecule has 26 heavy (non-hydrogen) atoms. The van der Waals surface area contributed by atoms with Gasteiger partial charge in [0.25, 0.3) is 17.7 Å². The zero-order valence-electron chi connectivity index (χ0n) is 14.0. The standard InChI is InChI=1S/C19H16N2O5/c1-11(16(20)22)26-19(25)13-7-8-14-15(9-13)18(24)21(17(14)23)10-12-5-3-2-4-6-12/h2-9,11H,10H2,1H3,(H2,20,22). The molecule has 3 rings (SSSR count). The Bertz CT molecular complexity index is 907. The number of nitrogens with zero attached hydrogens (tertiary/aromatic N) is 1. The molecule has 2 aromatic carbocycles. The van der Waals surface area contributed by atoms with Crippen molar-refractivity contribution in [1.29, 1.82) is 0 Å². The third kappa shape index (κ3) is 3.19. The molecule has 1 aliphatic rings. The van der Waals surface area contributed by atoms with Crippen LogP contribution in [0.3, 0.4) is 0 Å². The Morgan fingerprint density at radius 2 is 1.69 bits per heavy atom. The van der Waals surface area contributed by atoms with Gasteiger partial charge in [-0.1, -0.05) is 30.3 Å². The van der Waals surface area contributed by atoms with Crippen molar-refractivity contribution >= 4 is 23.7 Å². The van der Waals surface area contributed by atoms with E-state index in [9.17, 15) is 19.2 Å². The molecule has 132 valence electrons. The molecule has 2 N–H and O–H groups in total. The molecule has 2 aromatic rings. The highest BCUT2D eigenvalue weighted by Gasteiger charge is 2.36. The topological polar surface area (TPSA) is 107 Å². The number of ether oxygens (including phenoxy) is 1. The van der Waals surface area contributed by atoms with Crippen molar-refractivity contribution in [2.45, 2.75) is 19.6 Å². The van der Waals surface area contributed by atoms with E-state index in [2.05, 4.69) is 0 Å². The van der Waals surface area contributed by atoms with Gasteiger partial charge in [-0.05, 0) is 30.7 Å². The van der Waals surface area contributed by atoms with E-state index < -0.39 is 29.8 Å². The Kier molecular flexibility index (Phi) is 4.53. The van der Waals surface area contributed by atoms with Crippen LogP contribution in [0.25, 0.3) is 0 Å². The van der Waals surface area contributed by atoms with Crippen molar-refractivity contribution < 1.29 is 23.9 Å². The van der Waals surface area contributed by atoms with E-state index in [1.165, 1.54) is 25.1 Å². The van der Waals surface area contributed by atoms with Gasteiger partial charge in [-0.15, -0.1) is 0 Å². The lowest BCUT2D eigenvalue weighted by Crippen LogP contribution is -2.30. The summed E-state index contributed by atoms with van der Waals surface area (Å²) < 4.78 is 4.92. The van der Waals surface area contributed by atoms with Crippen LogP contribution in [0.15, 0.2) is 48.5 Å². The number of carbonyl (C=O) groups is 4. The molecule has 3 amide bonds. The minimum absolute atomic E-state index is 0.0690. The number of esters is 1. The van der Waals surface area contributed by atoms with E-state index in [0.717, 1.165) is 10.5 Å².